The number of carbonyl (C=O) groups excluding carboxylic acids is 1. The number of ether oxygens (including phenoxy) is 1. The van der Waals surface area contributed by atoms with Crippen LogP contribution in [-0.2, 0) is 14.3 Å². The number of aliphatic hydroxyl groups is 1. The molecule has 3 fully saturated rings. The standard InChI is InChI=1S/C31H48O5/c1-21-10-13-25(36-29(34)17-16-28(32)33)20-24(21)12-11-23-9-7-19-31(5)26(14-15-27(23)31)22(2)8-6-18-30(3,4)35/h11-12,22,25-27,35H,1,6-10,13-20H2,2-5H3,(H,32,33)/b23-11?,24-12-/t22-,25+,26-,27+,31-/m1/s1. The summed E-state index contributed by atoms with van der Waals surface area (Å²) in [5.74, 6) is 0.638. The Morgan fingerprint density at radius 2 is 1.94 bits per heavy atom. The van der Waals surface area contributed by atoms with E-state index in [1.54, 1.807) is 5.57 Å². The molecule has 5 nitrogen and oxygen atoms in total. The van der Waals surface area contributed by atoms with Gasteiger partial charge >= 0.3 is 11.9 Å². The number of fused-ring (bicyclic) bond motifs is 1. The molecule has 0 radical (unpaired) electrons. The maximum atomic E-state index is 12.0. The first kappa shape index (κ1) is 28.7. The predicted octanol–water partition coefficient (Wildman–Crippen LogP) is 7.15. The van der Waals surface area contributed by atoms with Crippen molar-refractivity contribution in [1.29, 1.82) is 0 Å². The van der Waals surface area contributed by atoms with Gasteiger partial charge in [0.2, 0.25) is 0 Å². The number of hydrogen-bond acceptors (Lipinski definition) is 4. The van der Waals surface area contributed by atoms with Crippen molar-refractivity contribution < 1.29 is 24.5 Å². The summed E-state index contributed by atoms with van der Waals surface area (Å²) in [6.45, 7) is 13.0. The molecule has 3 aliphatic carbocycles. The number of hydrogen-bond donors (Lipinski definition) is 2. The van der Waals surface area contributed by atoms with Gasteiger partial charge in [0.1, 0.15) is 6.10 Å². The molecule has 0 aromatic heterocycles. The summed E-state index contributed by atoms with van der Waals surface area (Å²) in [5.41, 5.74) is 3.62. The summed E-state index contributed by atoms with van der Waals surface area (Å²) in [4.78, 5) is 22.7. The van der Waals surface area contributed by atoms with Gasteiger partial charge in [0, 0.05) is 6.42 Å². The van der Waals surface area contributed by atoms with Crippen LogP contribution in [0.3, 0.4) is 0 Å². The van der Waals surface area contributed by atoms with Crippen molar-refractivity contribution in [2.45, 2.75) is 123 Å². The highest BCUT2D eigenvalue weighted by molar-refractivity contribution is 5.76. The number of carboxylic acids is 1. The largest absolute Gasteiger partial charge is 0.481 e. The fraction of sp³-hybridized carbons (Fsp3) is 0.742. The van der Waals surface area contributed by atoms with E-state index in [9.17, 15) is 14.7 Å². The van der Waals surface area contributed by atoms with Crippen LogP contribution in [0, 0.1) is 23.2 Å². The lowest BCUT2D eigenvalue weighted by Gasteiger charge is -2.44. The van der Waals surface area contributed by atoms with E-state index in [0.717, 1.165) is 49.2 Å². The van der Waals surface area contributed by atoms with Crippen molar-refractivity contribution in [1.82, 2.24) is 0 Å². The van der Waals surface area contributed by atoms with Gasteiger partial charge in [-0.3, -0.25) is 9.59 Å². The van der Waals surface area contributed by atoms with Gasteiger partial charge in [-0.15, -0.1) is 0 Å². The lowest BCUT2D eigenvalue weighted by Crippen LogP contribution is -2.36. The Morgan fingerprint density at radius 3 is 2.64 bits per heavy atom. The zero-order valence-electron chi connectivity index (χ0n) is 23.0. The van der Waals surface area contributed by atoms with Crippen molar-refractivity contribution in [3.05, 3.63) is 35.5 Å². The average Bonchev–Trinajstić information content (AvgIpc) is 3.14. The summed E-state index contributed by atoms with van der Waals surface area (Å²) in [7, 11) is 0. The fourth-order valence-corrected chi connectivity index (χ4v) is 7.21. The molecule has 0 aliphatic heterocycles. The van der Waals surface area contributed by atoms with E-state index >= 15 is 0 Å². The molecule has 0 amide bonds. The molecule has 0 aromatic carbocycles. The van der Waals surface area contributed by atoms with E-state index in [1.807, 2.05) is 13.8 Å². The third-order valence-electron chi connectivity index (χ3n) is 9.18. The number of carbonyl (C=O) groups is 2. The lowest BCUT2D eigenvalue weighted by atomic mass is 9.60. The average molecular weight is 501 g/mol. The first-order chi connectivity index (χ1) is 16.9. The molecule has 2 N–H and O–H groups in total. The molecule has 3 aliphatic rings. The van der Waals surface area contributed by atoms with E-state index in [4.69, 9.17) is 9.84 Å². The SMILES string of the molecule is C=C1CC[C@H](OC(=O)CCC(=O)O)C/C1=C/C=C1CCC[C@]2(C)[C@@H]([C@H](C)CCCC(C)(C)O)CC[C@@H]12. The first-order valence-electron chi connectivity index (χ1n) is 14.1. The smallest absolute Gasteiger partial charge is 0.306 e. The summed E-state index contributed by atoms with van der Waals surface area (Å²) in [6.07, 6.45) is 15.7. The van der Waals surface area contributed by atoms with Crippen LogP contribution in [-0.4, -0.2) is 33.9 Å². The first-order valence-corrected chi connectivity index (χ1v) is 14.1. The topological polar surface area (TPSA) is 83.8 Å². The van der Waals surface area contributed by atoms with E-state index < -0.39 is 17.5 Å². The van der Waals surface area contributed by atoms with Gasteiger partial charge in [-0.25, -0.2) is 0 Å². The normalized spacial score (nSPS) is 31.9. The molecular formula is C31H48O5. The van der Waals surface area contributed by atoms with Crippen molar-refractivity contribution in [2.24, 2.45) is 23.2 Å². The van der Waals surface area contributed by atoms with Crippen LogP contribution in [0.4, 0.5) is 0 Å². The molecule has 3 rings (SSSR count). The summed E-state index contributed by atoms with van der Waals surface area (Å²) in [6, 6.07) is 0. The van der Waals surface area contributed by atoms with E-state index in [-0.39, 0.29) is 18.9 Å². The van der Waals surface area contributed by atoms with Crippen LogP contribution in [0.2, 0.25) is 0 Å². The van der Waals surface area contributed by atoms with Crippen molar-refractivity contribution in [3.63, 3.8) is 0 Å². The third-order valence-corrected chi connectivity index (χ3v) is 9.18. The van der Waals surface area contributed by atoms with Gasteiger partial charge in [-0.2, -0.15) is 0 Å². The molecule has 5 atom stereocenters. The van der Waals surface area contributed by atoms with Crippen molar-refractivity contribution >= 4 is 11.9 Å². The van der Waals surface area contributed by atoms with Crippen LogP contribution in [0.1, 0.15) is 111 Å². The van der Waals surface area contributed by atoms with E-state index in [1.165, 1.54) is 32.1 Å². The Kier molecular flexibility index (Phi) is 9.65. The minimum absolute atomic E-state index is 0.0759. The summed E-state index contributed by atoms with van der Waals surface area (Å²) >= 11 is 0. The maximum absolute atomic E-state index is 12.0. The Morgan fingerprint density at radius 1 is 1.19 bits per heavy atom. The molecule has 0 aromatic rings. The fourth-order valence-electron chi connectivity index (χ4n) is 7.21. The quantitative estimate of drug-likeness (QED) is 0.311. The molecule has 0 saturated heterocycles. The highest BCUT2D eigenvalue weighted by Crippen LogP contribution is 2.60. The van der Waals surface area contributed by atoms with Gasteiger partial charge in [-0.05, 0) is 94.0 Å². The Balaban J connectivity index is 1.64. The van der Waals surface area contributed by atoms with Gasteiger partial charge < -0.3 is 14.9 Å². The highest BCUT2D eigenvalue weighted by Gasteiger charge is 2.50. The number of allylic oxidation sites excluding steroid dienone is 4. The number of carboxylic acid groups (broad SMARTS) is 1. The summed E-state index contributed by atoms with van der Waals surface area (Å²) < 4.78 is 5.57. The van der Waals surface area contributed by atoms with Crippen LogP contribution in [0.25, 0.3) is 0 Å². The second-order valence-corrected chi connectivity index (χ2v) is 12.6. The second kappa shape index (κ2) is 12.1. The van der Waals surface area contributed by atoms with Crippen LogP contribution < -0.4 is 0 Å². The third kappa shape index (κ3) is 7.57. The number of aliphatic carboxylic acids is 1. The predicted molar refractivity (Wildman–Crippen MR) is 143 cm³/mol. The second-order valence-electron chi connectivity index (χ2n) is 12.6. The number of esters is 1. The summed E-state index contributed by atoms with van der Waals surface area (Å²) in [5, 5.41) is 18.9. The van der Waals surface area contributed by atoms with Crippen LogP contribution in [0.5, 0.6) is 0 Å². The van der Waals surface area contributed by atoms with E-state index in [0.29, 0.717) is 23.7 Å². The van der Waals surface area contributed by atoms with Gasteiger partial charge in [0.15, 0.2) is 0 Å². The minimum Gasteiger partial charge on any atom is -0.481 e. The van der Waals surface area contributed by atoms with Crippen LogP contribution in [0.15, 0.2) is 35.5 Å². The molecule has 0 bridgehead atoms. The van der Waals surface area contributed by atoms with Crippen molar-refractivity contribution in [2.75, 3.05) is 0 Å². The monoisotopic (exact) mass is 500 g/mol. The molecule has 5 heteroatoms. The molecule has 0 heterocycles. The zero-order valence-corrected chi connectivity index (χ0v) is 23.0. The molecule has 0 spiro atoms. The van der Waals surface area contributed by atoms with Crippen molar-refractivity contribution in [3.8, 4) is 0 Å². The lowest BCUT2D eigenvalue weighted by molar-refractivity contribution is -0.152. The Hall–Kier alpha value is -1.88. The van der Waals surface area contributed by atoms with Gasteiger partial charge in [0.05, 0.1) is 18.4 Å². The molecule has 36 heavy (non-hydrogen) atoms. The Labute approximate surface area is 218 Å². The molecule has 202 valence electrons. The van der Waals surface area contributed by atoms with Gasteiger partial charge in [0.25, 0.3) is 0 Å². The highest BCUT2D eigenvalue weighted by atomic mass is 16.5. The molecule has 3 saturated carbocycles. The van der Waals surface area contributed by atoms with Crippen LogP contribution >= 0.6 is 0 Å². The van der Waals surface area contributed by atoms with Gasteiger partial charge in [-0.1, -0.05) is 56.6 Å². The van der Waals surface area contributed by atoms with E-state index in [2.05, 4.69) is 32.6 Å². The molecular weight excluding hydrogens is 452 g/mol. The zero-order chi connectivity index (χ0) is 26.5. The molecule has 0 unspecified atom stereocenters. The maximum Gasteiger partial charge on any atom is 0.306 e. The number of rotatable bonds is 10. The Bertz CT molecular complexity index is 876. The minimum atomic E-state index is -0.978.